The molecular formula is C9H13F3O3. The molecule has 0 aromatic carbocycles. The van der Waals surface area contributed by atoms with Crippen molar-refractivity contribution in [3.8, 4) is 0 Å². The maximum absolute atomic E-state index is 11.7. The van der Waals surface area contributed by atoms with Crippen LogP contribution in [0.25, 0.3) is 0 Å². The maximum atomic E-state index is 11.7. The lowest BCUT2D eigenvalue weighted by atomic mass is 10.1. The highest BCUT2D eigenvalue weighted by Gasteiger charge is 2.37. The second kappa shape index (κ2) is 6.42. The third kappa shape index (κ3) is 6.93. The maximum Gasteiger partial charge on any atom is 0.449 e. The van der Waals surface area contributed by atoms with Crippen LogP contribution >= 0.6 is 0 Å². The first-order valence-corrected chi connectivity index (χ1v) is 4.63. The van der Waals surface area contributed by atoms with Crippen LogP contribution in [0, 0.1) is 0 Å². The minimum Gasteiger partial charge on any atom is -0.466 e. The van der Waals surface area contributed by atoms with Crippen LogP contribution in [0.5, 0.6) is 0 Å². The summed E-state index contributed by atoms with van der Waals surface area (Å²) in [7, 11) is 0. The van der Waals surface area contributed by atoms with E-state index in [-0.39, 0.29) is 25.9 Å². The summed E-state index contributed by atoms with van der Waals surface area (Å²) in [6.07, 6.45) is -4.98. The Labute approximate surface area is 85.6 Å². The van der Waals surface area contributed by atoms with Gasteiger partial charge in [0.15, 0.2) is 0 Å². The summed E-state index contributed by atoms with van der Waals surface area (Å²) in [5.74, 6) is -2.19. The van der Waals surface area contributed by atoms with Crippen molar-refractivity contribution >= 4 is 11.8 Å². The number of halogens is 3. The van der Waals surface area contributed by atoms with Gasteiger partial charge in [0, 0.05) is 12.8 Å². The fraction of sp³-hybridized carbons (Fsp3) is 0.778. The van der Waals surface area contributed by atoms with Crippen molar-refractivity contribution in [3.63, 3.8) is 0 Å². The monoisotopic (exact) mass is 226 g/mol. The minimum absolute atomic E-state index is 0.0527. The fourth-order valence-corrected chi connectivity index (χ4v) is 0.930. The molecule has 0 spiro atoms. The summed E-state index contributed by atoms with van der Waals surface area (Å²) in [4.78, 5) is 21.1. The molecular weight excluding hydrogens is 213 g/mol. The molecule has 0 rings (SSSR count). The van der Waals surface area contributed by atoms with Gasteiger partial charge in [0.2, 0.25) is 5.78 Å². The van der Waals surface area contributed by atoms with Crippen LogP contribution in [0.2, 0.25) is 0 Å². The molecule has 0 aliphatic rings. The van der Waals surface area contributed by atoms with E-state index in [9.17, 15) is 22.8 Å². The number of hydrogen-bond donors (Lipinski definition) is 0. The lowest BCUT2D eigenvalue weighted by molar-refractivity contribution is -0.171. The van der Waals surface area contributed by atoms with E-state index in [4.69, 9.17) is 0 Å². The molecule has 0 atom stereocenters. The van der Waals surface area contributed by atoms with Gasteiger partial charge in [0.1, 0.15) is 0 Å². The molecule has 0 saturated carbocycles. The Bertz CT molecular complexity index is 223. The van der Waals surface area contributed by atoms with E-state index in [0.29, 0.717) is 0 Å². The third-order valence-corrected chi connectivity index (χ3v) is 1.66. The first-order chi connectivity index (χ1) is 6.88. The number of Topliss-reactive ketones (excluding diaryl/α,β-unsaturated/α-hetero) is 1. The van der Waals surface area contributed by atoms with Crippen molar-refractivity contribution < 1.29 is 27.5 Å². The zero-order valence-corrected chi connectivity index (χ0v) is 8.39. The number of esters is 1. The molecule has 0 amide bonds. The van der Waals surface area contributed by atoms with Gasteiger partial charge in [-0.05, 0) is 19.8 Å². The van der Waals surface area contributed by atoms with Gasteiger partial charge in [-0.15, -0.1) is 0 Å². The predicted octanol–water partition coefficient (Wildman–Crippen LogP) is 2.24. The molecule has 0 fully saturated rings. The van der Waals surface area contributed by atoms with Crippen LogP contribution in [-0.4, -0.2) is 24.5 Å². The van der Waals surface area contributed by atoms with Crippen LogP contribution in [0.15, 0.2) is 0 Å². The Morgan fingerprint density at radius 2 is 1.67 bits per heavy atom. The second-order valence-electron chi connectivity index (χ2n) is 2.93. The lowest BCUT2D eigenvalue weighted by Gasteiger charge is -2.04. The Balaban J connectivity index is 3.55. The molecule has 6 heteroatoms. The summed E-state index contributed by atoms with van der Waals surface area (Å²) in [6, 6.07) is 0. The van der Waals surface area contributed by atoms with Gasteiger partial charge in [-0.25, -0.2) is 0 Å². The first kappa shape index (κ1) is 13.9. The fourth-order valence-electron chi connectivity index (χ4n) is 0.930. The highest BCUT2D eigenvalue weighted by molar-refractivity contribution is 5.83. The summed E-state index contributed by atoms with van der Waals surface area (Å²) in [5, 5.41) is 0. The Morgan fingerprint density at radius 1 is 1.13 bits per heavy atom. The number of rotatable bonds is 6. The average molecular weight is 226 g/mol. The molecule has 0 aromatic rings. The van der Waals surface area contributed by atoms with Crippen molar-refractivity contribution in [2.75, 3.05) is 6.61 Å². The van der Waals surface area contributed by atoms with E-state index in [1.807, 2.05) is 0 Å². The number of alkyl halides is 3. The number of hydrogen-bond acceptors (Lipinski definition) is 3. The minimum atomic E-state index is -4.76. The quantitative estimate of drug-likeness (QED) is 0.515. The Morgan fingerprint density at radius 3 is 2.13 bits per heavy atom. The number of ketones is 1. The summed E-state index contributed by atoms with van der Waals surface area (Å²) in [5.41, 5.74) is 0. The third-order valence-electron chi connectivity index (χ3n) is 1.66. The molecule has 0 aromatic heterocycles. The molecule has 0 radical (unpaired) electrons. The van der Waals surface area contributed by atoms with Crippen LogP contribution in [0.1, 0.15) is 32.6 Å². The van der Waals surface area contributed by atoms with Crippen molar-refractivity contribution in [2.45, 2.75) is 38.8 Å². The molecule has 0 unspecified atom stereocenters. The first-order valence-electron chi connectivity index (χ1n) is 4.63. The molecule has 15 heavy (non-hydrogen) atoms. The SMILES string of the molecule is CCOC(=O)CCCCC(=O)C(F)(F)F. The van der Waals surface area contributed by atoms with E-state index in [1.165, 1.54) is 0 Å². The van der Waals surface area contributed by atoms with Gasteiger partial charge >= 0.3 is 12.1 Å². The summed E-state index contributed by atoms with van der Waals surface area (Å²) < 4.78 is 39.7. The van der Waals surface area contributed by atoms with E-state index in [2.05, 4.69) is 4.74 Å². The van der Waals surface area contributed by atoms with Crippen LogP contribution in [0.3, 0.4) is 0 Å². The smallest absolute Gasteiger partial charge is 0.449 e. The number of carbonyl (C=O) groups excluding carboxylic acids is 2. The molecule has 0 heterocycles. The molecule has 0 aliphatic carbocycles. The lowest BCUT2D eigenvalue weighted by Crippen LogP contribution is -2.22. The van der Waals surface area contributed by atoms with Gasteiger partial charge in [0.05, 0.1) is 6.61 Å². The number of ether oxygens (including phenoxy) is 1. The number of unbranched alkanes of at least 4 members (excludes halogenated alkanes) is 1. The molecule has 0 saturated heterocycles. The highest BCUT2D eigenvalue weighted by atomic mass is 19.4. The van der Waals surface area contributed by atoms with E-state index < -0.39 is 24.3 Å². The molecule has 0 bridgehead atoms. The summed E-state index contributed by atoms with van der Waals surface area (Å²) >= 11 is 0. The van der Waals surface area contributed by atoms with Gasteiger partial charge in [-0.2, -0.15) is 13.2 Å². The van der Waals surface area contributed by atoms with Crippen molar-refractivity contribution in [3.05, 3.63) is 0 Å². The largest absolute Gasteiger partial charge is 0.466 e. The Hall–Kier alpha value is -1.07. The van der Waals surface area contributed by atoms with Crippen LogP contribution < -0.4 is 0 Å². The van der Waals surface area contributed by atoms with Gasteiger partial charge in [0.25, 0.3) is 0 Å². The zero-order chi connectivity index (χ0) is 11.9. The highest BCUT2D eigenvalue weighted by Crippen LogP contribution is 2.19. The van der Waals surface area contributed by atoms with E-state index in [1.54, 1.807) is 6.92 Å². The standard InChI is InChI=1S/C9H13F3O3/c1-2-15-8(14)6-4-3-5-7(13)9(10,11)12/h2-6H2,1H3. The molecule has 88 valence electrons. The second-order valence-corrected chi connectivity index (χ2v) is 2.93. The molecule has 0 aliphatic heterocycles. The molecule has 0 N–H and O–H groups in total. The predicted molar refractivity (Wildman–Crippen MR) is 46.2 cm³/mol. The van der Waals surface area contributed by atoms with Gasteiger partial charge < -0.3 is 4.74 Å². The van der Waals surface area contributed by atoms with Gasteiger partial charge in [-0.1, -0.05) is 0 Å². The van der Waals surface area contributed by atoms with Crippen LogP contribution in [-0.2, 0) is 14.3 Å². The zero-order valence-electron chi connectivity index (χ0n) is 8.39. The van der Waals surface area contributed by atoms with E-state index in [0.717, 1.165) is 0 Å². The average Bonchev–Trinajstić information content (AvgIpc) is 2.11. The van der Waals surface area contributed by atoms with Gasteiger partial charge in [-0.3, -0.25) is 9.59 Å². The number of carbonyl (C=O) groups is 2. The Kier molecular flexibility index (Phi) is 5.96. The topological polar surface area (TPSA) is 43.4 Å². The summed E-state index contributed by atoms with van der Waals surface area (Å²) in [6.45, 7) is 1.89. The van der Waals surface area contributed by atoms with Crippen molar-refractivity contribution in [1.29, 1.82) is 0 Å². The van der Waals surface area contributed by atoms with Crippen molar-refractivity contribution in [2.24, 2.45) is 0 Å². The normalized spacial score (nSPS) is 11.2. The van der Waals surface area contributed by atoms with Crippen molar-refractivity contribution in [1.82, 2.24) is 0 Å². The van der Waals surface area contributed by atoms with Crippen LogP contribution in [0.4, 0.5) is 13.2 Å². The van der Waals surface area contributed by atoms with E-state index >= 15 is 0 Å². The molecule has 3 nitrogen and oxygen atoms in total.